The summed E-state index contributed by atoms with van der Waals surface area (Å²) in [6.07, 6.45) is 1.28. The van der Waals surface area contributed by atoms with Crippen LogP contribution in [-0.4, -0.2) is 30.8 Å². The first kappa shape index (κ1) is 19.2. The van der Waals surface area contributed by atoms with Gasteiger partial charge in [-0.05, 0) is 64.8 Å². The smallest absolute Gasteiger partial charge is 0.412 e. The molecule has 25 heavy (non-hydrogen) atoms. The van der Waals surface area contributed by atoms with Crippen molar-refractivity contribution in [2.45, 2.75) is 52.2 Å². The molecular formula is C19H28N2O4. The van der Waals surface area contributed by atoms with E-state index in [9.17, 15) is 9.59 Å². The van der Waals surface area contributed by atoms with Crippen molar-refractivity contribution in [2.24, 2.45) is 5.92 Å². The highest BCUT2D eigenvalue weighted by atomic mass is 16.6. The van der Waals surface area contributed by atoms with Crippen LogP contribution in [0.3, 0.4) is 0 Å². The van der Waals surface area contributed by atoms with Gasteiger partial charge in [-0.25, -0.2) is 4.79 Å². The first-order valence-corrected chi connectivity index (χ1v) is 8.80. The molecule has 6 nitrogen and oxygen atoms in total. The molecular weight excluding hydrogens is 320 g/mol. The van der Waals surface area contributed by atoms with E-state index in [4.69, 9.17) is 9.47 Å². The lowest BCUT2D eigenvalue weighted by Crippen LogP contribution is -2.39. The highest BCUT2D eigenvalue weighted by molar-refractivity contribution is 5.84. The fraction of sp³-hybridized carbons (Fsp3) is 0.579. The van der Waals surface area contributed by atoms with Gasteiger partial charge in [-0.15, -0.1) is 0 Å². The summed E-state index contributed by atoms with van der Waals surface area (Å²) in [7, 11) is 0. The molecule has 0 radical (unpaired) electrons. The minimum atomic E-state index is -0.539. The third-order valence-electron chi connectivity index (χ3n) is 3.96. The zero-order valence-electron chi connectivity index (χ0n) is 15.4. The van der Waals surface area contributed by atoms with E-state index in [-0.39, 0.29) is 17.9 Å². The molecule has 1 amide bonds. The van der Waals surface area contributed by atoms with Crippen LogP contribution in [0, 0.1) is 5.92 Å². The summed E-state index contributed by atoms with van der Waals surface area (Å²) in [5.74, 6) is -0.339. The van der Waals surface area contributed by atoms with Gasteiger partial charge in [-0.1, -0.05) is 12.1 Å². The van der Waals surface area contributed by atoms with Crippen molar-refractivity contribution in [2.75, 3.05) is 18.5 Å². The van der Waals surface area contributed by atoms with Crippen LogP contribution < -0.4 is 10.6 Å². The number of benzene rings is 1. The molecule has 2 atom stereocenters. The minimum absolute atomic E-state index is 0.0663. The van der Waals surface area contributed by atoms with E-state index in [0.29, 0.717) is 12.3 Å². The molecule has 138 valence electrons. The Labute approximate surface area is 149 Å². The van der Waals surface area contributed by atoms with Gasteiger partial charge in [0.15, 0.2) is 0 Å². The average molecular weight is 348 g/mol. The molecule has 2 rings (SSSR count). The Hall–Kier alpha value is -2.08. The summed E-state index contributed by atoms with van der Waals surface area (Å²) in [6.45, 7) is 8.54. The predicted octanol–water partition coefficient (Wildman–Crippen LogP) is 3.64. The number of hydrogen-bond acceptors (Lipinski definition) is 5. The largest absolute Gasteiger partial charge is 0.466 e. The number of anilines is 1. The molecule has 0 aromatic heterocycles. The topological polar surface area (TPSA) is 76.7 Å². The normalized spacial score (nSPS) is 20.6. The molecule has 0 bridgehead atoms. The van der Waals surface area contributed by atoms with Crippen LogP contribution in [0.25, 0.3) is 0 Å². The number of rotatable bonds is 4. The number of ether oxygens (including phenoxy) is 2. The van der Waals surface area contributed by atoms with E-state index < -0.39 is 11.7 Å². The van der Waals surface area contributed by atoms with Gasteiger partial charge in [0.25, 0.3) is 0 Å². The number of carbonyl (C=O) groups is 2. The summed E-state index contributed by atoms with van der Waals surface area (Å²) in [5, 5.41) is 6.11. The fourth-order valence-electron chi connectivity index (χ4n) is 2.94. The Morgan fingerprint density at radius 2 is 1.92 bits per heavy atom. The van der Waals surface area contributed by atoms with Gasteiger partial charge in [-0.2, -0.15) is 0 Å². The van der Waals surface area contributed by atoms with E-state index in [1.807, 2.05) is 52.0 Å². The molecule has 1 saturated heterocycles. The van der Waals surface area contributed by atoms with Gasteiger partial charge in [0, 0.05) is 11.7 Å². The molecule has 6 heteroatoms. The standard InChI is InChI=1S/C19H28N2O4/c1-5-24-17(22)15-7-6-12-20-16(15)13-8-10-14(11-9-13)21-18(23)25-19(2,3)4/h8-11,15-16,20H,5-7,12H2,1-4H3,(H,21,23)/t15-,16-/m1/s1. The molecule has 0 unspecified atom stereocenters. The maximum absolute atomic E-state index is 12.2. The van der Waals surface area contributed by atoms with Crippen molar-refractivity contribution in [1.82, 2.24) is 5.32 Å². The lowest BCUT2D eigenvalue weighted by Gasteiger charge is -2.31. The van der Waals surface area contributed by atoms with Crippen molar-refractivity contribution < 1.29 is 19.1 Å². The average Bonchev–Trinajstić information content (AvgIpc) is 2.54. The van der Waals surface area contributed by atoms with Gasteiger partial charge in [0.2, 0.25) is 0 Å². The Morgan fingerprint density at radius 3 is 2.52 bits per heavy atom. The SMILES string of the molecule is CCOC(=O)[C@@H]1CCCN[C@@H]1c1ccc(NC(=O)OC(C)(C)C)cc1. The van der Waals surface area contributed by atoms with Crippen LogP contribution >= 0.6 is 0 Å². The van der Waals surface area contributed by atoms with Gasteiger partial charge in [-0.3, -0.25) is 10.1 Å². The zero-order chi connectivity index (χ0) is 18.4. The second kappa shape index (κ2) is 8.34. The Bertz CT molecular complexity index is 592. The number of amides is 1. The van der Waals surface area contributed by atoms with Crippen LogP contribution in [0.4, 0.5) is 10.5 Å². The molecule has 1 fully saturated rings. The van der Waals surface area contributed by atoms with E-state index >= 15 is 0 Å². The minimum Gasteiger partial charge on any atom is -0.466 e. The molecule has 0 saturated carbocycles. The van der Waals surface area contributed by atoms with E-state index in [0.717, 1.165) is 24.9 Å². The molecule has 0 aliphatic carbocycles. The molecule has 1 aliphatic rings. The lowest BCUT2D eigenvalue weighted by molar-refractivity contribution is -0.150. The van der Waals surface area contributed by atoms with Gasteiger partial charge < -0.3 is 14.8 Å². The van der Waals surface area contributed by atoms with Crippen LogP contribution in [0.15, 0.2) is 24.3 Å². The first-order chi connectivity index (χ1) is 11.8. The highest BCUT2D eigenvalue weighted by Crippen LogP contribution is 2.31. The number of nitrogens with one attached hydrogen (secondary N) is 2. The second-order valence-electron chi connectivity index (χ2n) is 7.18. The monoisotopic (exact) mass is 348 g/mol. The maximum Gasteiger partial charge on any atom is 0.412 e. The highest BCUT2D eigenvalue weighted by Gasteiger charge is 2.32. The third-order valence-corrected chi connectivity index (χ3v) is 3.96. The van der Waals surface area contributed by atoms with Crippen LogP contribution in [0.2, 0.25) is 0 Å². The summed E-state index contributed by atoms with van der Waals surface area (Å²) in [6, 6.07) is 7.41. The molecule has 1 aromatic rings. The lowest BCUT2D eigenvalue weighted by atomic mass is 9.86. The van der Waals surface area contributed by atoms with Gasteiger partial charge in [0.1, 0.15) is 5.60 Å². The van der Waals surface area contributed by atoms with Crippen molar-refractivity contribution in [3.63, 3.8) is 0 Å². The zero-order valence-corrected chi connectivity index (χ0v) is 15.4. The van der Waals surface area contributed by atoms with Crippen LogP contribution in [0.5, 0.6) is 0 Å². The number of hydrogen-bond donors (Lipinski definition) is 2. The summed E-state index contributed by atoms with van der Waals surface area (Å²) in [5.41, 5.74) is 1.12. The summed E-state index contributed by atoms with van der Waals surface area (Å²) >= 11 is 0. The first-order valence-electron chi connectivity index (χ1n) is 8.80. The number of esters is 1. The Kier molecular flexibility index (Phi) is 6.42. The Morgan fingerprint density at radius 1 is 1.24 bits per heavy atom. The number of piperidine rings is 1. The van der Waals surface area contributed by atoms with Crippen LogP contribution in [0.1, 0.15) is 52.1 Å². The molecule has 1 aromatic carbocycles. The van der Waals surface area contributed by atoms with Crippen LogP contribution in [-0.2, 0) is 14.3 Å². The Balaban J connectivity index is 2.04. The third kappa shape index (κ3) is 5.74. The van der Waals surface area contributed by atoms with Crippen molar-refractivity contribution >= 4 is 17.7 Å². The van der Waals surface area contributed by atoms with E-state index in [1.54, 1.807) is 0 Å². The molecule has 2 N–H and O–H groups in total. The van der Waals surface area contributed by atoms with E-state index in [2.05, 4.69) is 10.6 Å². The second-order valence-corrected chi connectivity index (χ2v) is 7.18. The van der Waals surface area contributed by atoms with Gasteiger partial charge >= 0.3 is 12.1 Å². The number of carbonyl (C=O) groups excluding carboxylic acids is 2. The van der Waals surface area contributed by atoms with Crippen molar-refractivity contribution in [3.8, 4) is 0 Å². The summed E-state index contributed by atoms with van der Waals surface area (Å²) in [4.78, 5) is 24.0. The maximum atomic E-state index is 12.2. The van der Waals surface area contributed by atoms with Crippen molar-refractivity contribution in [3.05, 3.63) is 29.8 Å². The van der Waals surface area contributed by atoms with Gasteiger partial charge in [0.05, 0.1) is 12.5 Å². The molecule has 1 heterocycles. The molecule has 1 aliphatic heterocycles. The predicted molar refractivity (Wildman–Crippen MR) is 96.4 cm³/mol. The fourth-order valence-corrected chi connectivity index (χ4v) is 2.94. The van der Waals surface area contributed by atoms with E-state index in [1.165, 1.54) is 0 Å². The summed E-state index contributed by atoms with van der Waals surface area (Å²) < 4.78 is 10.4. The molecule has 0 spiro atoms. The quantitative estimate of drug-likeness (QED) is 0.813. The van der Waals surface area contributed by atoms with Crippen molar-refractivity contribution in [1.29, 1.82) is 0 Å².